The first-order chi connectivity index (χ1) is 11.6. The average molecular weight is 326 g/mol. The van der Waals surface area contributed by atoms with Crippen LogP contribution in [-0.4, -0.2) is 46.3 Å². The molecule has 2 aromatic rings. The summed E-state index contributed by atoms with van der Waals surface area (Å²) in [5.41, 5.74) is 1.22. The van der Waals surface area contributed by atoms with E-state index in [0.717, 1.165) is 43.5 Å². The summed E-state index contributed by atoms with van der Waals surface area (Å²) in [4.78, 5) is 6.77. The number of nitrogens with zero attached hydrogens (tertiary/aromatic N) is 5. The van der Waals surface area contributed by atoms with Crippen LogP contribution in [-0.2, 0) is 19.5 Å². The Hall–Kier alpha value is -2.37. The second kappa shape index (κ2) is 7.47. The fourth-order valence-corrected chi connectivity index (χ4v) is 3.04. The van der Waals surface area contributed by atoms with E-state index >= 15 is 0 Å². The first-order valence-electron chi connectivity index (χ1n) is 8.51. The molecule has 1 unspecified atom stereocenters. The highest BCUT2D eigenvalue weighted by atomic mass is 15.3. The van der Waals surface area contributed by atoms with E-state index in [-0.39, 0.29) is 0 Å². The summed E-state index contributed by atoms with van der Waals surface area (Å²) in [5.74, 6) is 3.65. The van der Waals surface area contributed by atoms with Crippen molar-refractivity contribution in [2.24, 2.45) is 10.9 Å². The van der Waals surface area contributed by atoms with Gasteiger partial charge in [-0.1, -0.05) is 30.3 Å². The maximum Gasteiger partial charge on any atom is 0.193 e. The van der Waals surface area contributed by atoms with Gasteiger partial charge in [-0.25, -0.2) is 4.99 Å². The summed E-state index contributed by atoms with van der Waals surface area (Å²) in [6.07, 6.45) is 2.15. The van der Waals surface area contributed by atoms with Gasteiger partial charge in [0.1, 0.15) is 11.6 Å². The molecule has 0 saturated heterocycles. The molecule has 6 heteroatoms. The number of aromatic nitrogens is 3. The predicted molar refractivity (Wildman–Crippen MR) is 95.8 cm³/mol. The van der Waals surface area contributed by atoms with E-state index in [4.69, 9.17) is 4.99 Å². The average Bonchev–Trinajstić information content (AvgIpc) is 2.96. The third-order valence-electron chi connectivity index (χ3n) is 4.46. The van der Waals surface area contributed by atoms with Gasteiger partial charge in [0.2, 0.25) is 0 Å². The molecule has 128 valence electrons. The second-order valence-corrected chi connectivity index (χ2v) is 6.58. The van der Waals surface area contributed by atoms with Gasteiger partial charge in [-0.3, -0.25) is 0 Å². The smallest absolute Gasteiger partial charge is 0.193 e. The van der Waals surface area contributed by atoms with Gasteiger partial charge in [-0.2, -0.15) is 0 Å². The molecule has 0 radical (unpaired) electrons. The second-order valence-electron chi connectivity index (χ2n) is 6.58. The van der Waals surface area contributed by atoms with Gasteiger partial charge in [0, 0.05) is 33.6 Å². The lowest BCUT2D eigenvalue weighted by molar-refractivity contribution is 0.355. The van der Waals surface area contributed by atoms with Crippen molar-refractivity contribution in [3.63, 3.8) is 0 Å². The van der Waals surface area contributed by atoms with Crippen LogP contribution in [0.15, 0.2) is 35.3 Å². The van der Waals surface area contributed by atoms with E-state index in [1.54, 1.807) is 0 Å². The molecule has 0 bridgehead atoms. The number of rotatable bonds is 4. The third-order valence-corrected chi connectivity index (χ3v) is 4.46. The molecular weight excluding hydrogens is 300 g/mol. The molecule has 0 saturated carbocycles. The zero-order valence-corrected chi connectivity index (χ0v) is 14.7. The van der Waals surface area contributed by atoms with Gasteiger partial charge >= 0.3 is 0 Å². The molecule has 24 heavy (non-hydrogen) atoms. The fraction of sp³-hybridized carbons (Fsp3) is 0.500. The zero-order valence-electron chi connectivity index (χ0n) is 14.7. The highest BCUT2D eigenvalue weighted by molar-refractivity contribution is 5.79. The predicted octanol–water partition coefficient (Wildman–Crippen LogP) is 1.86. The molecule has 1 aromatic heterocycles. The molecule has 1 aromatic carbocycles. The van der Waals surface area contributed by atoms with Crippen molar-refractivity contribution in [1.29, 1.82) is 0 Å². The van der Waals surface area contributed by atoms with E-state index in [0.29, 0.717) is 12.5 Å². The molecular formula is C18H26N6. The van der Waals surface area contributed by atoms with Crippen molar-refractivity contribution in [3.05, 3.63) is 47.5 Å². The van der Waals surface area contributed by atoms with Crippen LogP contribution >= 0.6 is 0 Å². The van der Waals surface area contributed by atoms with Gasteiger partial charge in [-0.05, 0) is 24.8 Å². The molecule has 1 N–H and O–H groups in total. The molecule has 0 amide bonds. The number of hydrogen-bond acceptors (Lipinski definition) is 3. The van der Waals surface area contributed by atoms with Crippen molar-refractivity contribution in [3.8, 4) is 0 Å². The van der Waals surface area contributed by atoms with Gasteiger partial charge < -0.3 is 14.8 Å². The number of benzene rings is 1. The van der Waals surface area contributed by atoms with Crippen molar-refractivity contribution < 1.29 is 0 Å². The summed E-state index contributed by atoms with van der Waals surface area (Å²) in [5, 5.41) is 11.9. The number of aliphatic imine (C=N–C) groups is 1. The number of nitrogens with one attached hydrogen (secondary N) is 1. The lowest BCUT2D eigenvalue weighted by Gasteiger charge is -2.26. The molecule has 2 heterocycles. The lowest BCUT2D eigenvalue weighted by Crippen LogP contribution is -2.40. The lowest BCUT2D eigenvalue weighted by atomic mass is 9.99. The Morgan fingerprint density at radius 2 is 2.08 bits per heavy atom. The van der Waals surface area contributed by atoms with E-state index in [9.17, 15) is 0 Å². The Morgan fingerprint density at radius 1 is 1.29 bits per heavy atom. The minimum absolute atomic E-state index is 0.578. The van der Waals surface area contributed by atoms with E-state index in [2.05, 4.69) is 44.3 Å². The molecule has 1 aliphatic rings. The molecule has 1 atom stereocenters. The first-order valence-corrected chi connectivity index (χ1v) is 8.51. The van der Waals surface area contributed by atoms with Crippen LogP contribution in [0, 0.1) is 12.8 Å². The highest BCUT2D eigenvalue weighted by Gasteiger charge is 2.21. The van der Waals surface area contributed by atoms with Crippen LogP contribution in [0.25, 0.3) is 0 Å². The van der Waals surface area contributed by atoms with E-state index < -0.39 is 0 Å². The van der Waals surface area contributed by atoms with Crippen molar-refractivity contribution in [2.45, 2.75) is 32.9 Å². The Morgan fingerprint density at radius 3 is 2.83 bits per heavy atom. The van der Waals surface area contributed by atoms with Crippen molar-refractivity contribution >= 4 is 5.96 Å². The number of guanidine groups is 1. The highest BCUT2D eigenvalue weighted by Crippen LogP contribution is 2.19. The Labute approximate surface area is 143 Å². The largest absolute Gasteiger partial charge is 0.356 e. The standard InChI is InChI=1S/C18H26N6/c1-14-21-22-17-10-9-16(13-24(14)17)12-20-18(23(2)3)19-11-15-7-5-4-6-8-15/h4-8,16H,9-13H2,1-3H3,(H,19,20). The summed E-state index contributed by atoms with van der Waals surface area (Å²) in [7, 11) is 4.06. The maximum absolute atomic E-state index is 4.73. The molecule has 0 spiro atoms. The van der Waals surface area contributed by atoms with Crippen LogP contribution in [0.2, 0.25) is 0 Å². The number of hydrogen-bond donors (Lipinski definition) is 1. The van der Waals surface area contributed by atoms with Crippen LogP contribution < -0.4 is 5.32 Å². The van der Waals surface area contributed by atoms with Crippen LogP contribution in [0.1, 0.15) is 23.6 Å². The normalized spacial score (nSPS) is 17.5. The van der Waals surface area contributed by atoms with Crippen molar-refractivity contribution in [1.82, 2.24) is 25.0 Å². The monoisotopic (exact) mass is 326 g/mol. The SMILES string of the molecule is Cc1nnc2n1CC(CNC(=NCc1ccccc1)N(C)C)CC2. The molecule has 0 aliphatic carbocycles. The summed E-state index contributed by atoms with van der Waals surface area (Å²) in [6.45, 7) is 4.63. The molecule has 3 rings (SSSR count). The summed E-state index contributed by atoms with van der Waals surface area (Å²) >= 11 is 0. The number of fused-ring (bicyclic) bond motifs is 1. The summed E-state index contributed by atoms with van der Waals surface area (Å²) in [6, 6.07) is 10.3. The Bertz CT molecular complexity index is 689. The minimum atomic E-state index is 0.578. The van der Waals surface area contributed by atoms with E-state index in [1.807, 2.05) is 32.0 Å². The van der Waals surface area contributed by atoms with Gasteiger partial charge in [0.25, 0.3) is 0 Å². The van der Waals surface area contributed by atoms with Gasteiger partial charge in [0.15, 0.2) is 5.96 Å². The molecule has 1 aliphatic heterocycles. The van der Waals surface area contributed by atoms with Crippen LogP contribution in [0.4, 0.5) is 0 Å². The third kappa shape index (κ3) is 3.93. The van der Waals surface area contributed by atoms with Crippen molar-refractivity contribution in [2.75, 3.05) is 20.6 Å². The summed E-state index contributed by atoms with van der Waals surface area (Å²) < 4.78 is 2.24. The topological polar surface area (TPSA) is 58.3 Å². The molecule has 6 nitrogen and oxygen atoms in total. The minimum Gasteiger partial charge on any atom is -0.356 e. The fourth-order valence-electron chi connectivity index (χ4n) is 3.04. The van der Waals surface area contributed by atoms with E-state index in [1.165, 1.54) is 5.56 Å². The van der Waals surface area contributed by atoms with Gasteiger partial charge in [0.05, 0.1) is 6.54 Å². The van der Waals surface area contributed by atoms with Crippen LogP contribution in [0.5, 0.6) is 0 Å². The quantitative estimate of drug-likeness (QED) is 0.688. The Kier molecular flexibility index (Phi) is 5.13. The van der Waals surface area contributed by atoms with Crippen LogP contribution in [0.3, 0.4) is 0 Å². The molecule has 0 fully saturated rings. The number of aryl methyl sites for hydroxylation is 2. The van der Waals surface area contributed by atoms with Gasteiger partial charge in [-0.15, -0.1) is 10.2 Å². The Balaban J connectivity index is 1.58. The zero-order chi connectivity index (χ0) is 16.9. The maximum atomic E-state index is 4.73. The first kappa shape index (κ1) is 16.5.